The molecule has 1 amide bonds. The monoisotopic (exact) mass is 409 g/mol. The van der Waals surface area contributed by atoms with Gasteiger partial charge in [0.25, 0.3) is 0 Å². The summed E-state index contributed by atoms with van der Waals surface area (Å²) in [5.41, 5.74) is 0. The van der Waals surface area contributed by atoms with Gasteiger partial charge in [0.2, 0.25) is 5.91 Å². The summed E-state index contributed by atoms with van der Waals surface area (Å²) in [6.45, 7) is 10.4. The van der Waals surface area contributed by atoms with E-state index in [1.165, 1.54) is 32.1 Å². The van der Waals surface area contributed by atoms with E-state index >= 15 is 0 Å². The smallest absolute Gasteiger partial charge is 0.223 e. The highest BCUT2D eigenvalue weighted by Gasteiger charge is 2.27. The van der Waals surface area contributed by atoms with Gasteiger partial charge >= 0.3 is 0 Å². The minimum Gasteiger partial charge on any atom is -0.379 e. The number of hydrogen-bond donors (Lipinski definition) is 3. The average molecular weight is 410 g/mol. The van der Waals surface area contributed by atoms with Gasteiger partial charge in [0.15, 0.2) is 5.96 Å². The third kappa shape index (κ3) is 8.13. The van der Waals surface area contributed by atoms with Crippen LogP contribution < -0.4 is 16.0 Å². The molecule has 1 unspecified atom stereocenters. The number of nitrogens with zero attached hydrogens (tertiary/aromatic N) is 2. The van der Waals surface area contributed by atoms with Crippen molar-refractivity contribution in [1.82, 2.24) is 20.9 Å². The number of carbonyl (C=O) groups excluding carboxylic acids is 1. The minimum atomic E-state index is 0.218. The molecule has 3 N–H and O–H groups in total. The molecule has 2 fully saturated rings. The lowest BCUT2D eigenvalue weighted by Crippen LogP contribution is -2.53. The Bertz CT molecular complexity index is 484. The van der Waals surface area contributed by atoms with Crippen molar-refractivity contribution in [3.63, 3.8) is 0 Å². The van der Waals surface area contributed by atoms with Crippen LogP contribution in [0.25, 0.3) is 0 Å². The molecule has 0 bridgehead atoms. The first-order valence-electron chi connectivity index (χ1n) is 11.7. The first-order chi connectivity index (χ1) is 14.2. The number of ether oxygens (including phenoxy) is 1. The predicted molar refractivity (Wildman–Crippen MR) is 119 cm³/mol. The van der Waals surface area contributed by atoms with Gasteiger partial charge in [-0.05, 0) is 18.8 Å². The normalized spacial score (nSPS) is 20.5. The van der Waals surface area contributed by atoms with Gasteiger partial charge in [0, 0.05) is 51.7 Å². The third-order valence-corrected chi connectivity index (χ3v) is 6.50. The van der Waals surface area contributed by atoms with Crippen LogP contribution in [-0.2, 0) is 9.53 Å². The molecular formula is C22H43N5O2. The summed E-state index contributed by atoms with van der Waals surface area (Å²) in [5, 5.41) is 9.93. The number of hydrogen-bond acceptors (Lipinski definition) is 4. The Balaban J connectivity index is 1.73. The van der Waals surface area contributed by atoms with Gasteiger partial charge in [-0.15, -0.1) is 0 Å². The Kier molecular flexibility index (Phi) is 11.4. The van der Waals surface area contributed by atoms with Crippen LogP contribution in [0.1, 0.15) is 58.8 Å². The molecule has 7 heteroatoms. The number of nitrogens with one attached hydrogen (secondary N) is 3. The zero-order valence-electron chi connectivity index (χ0n) is 18.8. The molecule has 0 aromatic rings. The quantitative estimate of drug-likeness (QED) is 0.292. The van der Waals surface area contributed by atoms with Crippen LogP contribution in [-0.4, -0.2) is 75.8 Å². The van der Waals surface area contributed by atoms with Crippen molar-refractivity contribution >= 4 is 11.9 Å². The number of rotatable bonds is 10. The van der Waals surface area contributed by atoms with Crippen LogP contribution >= 0.6 is 0 Å². The molecule has 0 aromatic carbocycles. The van der Waals surface area contributed by atoms with Gasteiger partial charge in [-0.3, -0.25) is 14.7 Å². The van der Waals surface area contributed by atoms with Crippen molar-refractivity contribution in [1.29, 1.82) is 0 Å². The van der Waals surface area contributed by atoms with E-state index in [0.717, 1.165) is 51.6 Å². The fourth-order valence-electron chi connectivity index (χ4n) is 4.63. The molecule has 1 heterocycles. The van der Waals surface area contributed by atoms with Gasteiger partial charge in [0.1, 0.15) is 0 Å². The number of amides is 1. The molecule has 1 atom stereocenters. The second kappa shape index (κ2) is 13.8. The largest absolute Gasteiger partial charge is 0.379 e. The maximum absolute atomic E-state index is 12.2. The van der Waals surface area contributed by atoms with Crippen LogP contribution in [0.4, 0.5) is 0 Å². The number of guanidine groups is 1. The molecule has 0 spiro atoms. The number of aliphatic imine (C=N–C) groups is 1. The van der Waals surface area contributed by atoms with Gasteiger partial charge in [-0.1, -0.05) is 46.0 Å². The molecule has 2 aliphatic rings. The van der Waals surface area contributed by atoms with Crippen LogP contribution in [0.3, 0.4) is 0 Å². The van der Waals surface area contributed by atoms with Crippen LogP contribution in [0.5, 0.6) is 0 Å². The Hall–Kier alpha value is -1.34. The van der Waals surface area contributed by atoms with Gasteiger partial charge < -0.3 is 20.7 Å². The average Bonchev–Trinajstić information content (AvgIpc) is 2.78. The fraction of sp³-hybridized carbons (Fsp3) is 0.909. The summed E-state index contributed by atoms with van der Waals surface area (Å²) in [5.74, 6) is 1.90. The summed E-state index contributed by atoms with van der Waals surface area (Å²) in [6.07, 6.45) is 8.10. The standard InChI is InChI=1S/C22H43N5O2/c1-4-18(5-2)20(27-13-15-29-16-14-27)17-26-22(23-3)25-12-11-24-21(28)19-9-7-6-8-10-19/h18-20H,4-17H2,1-3H3,(H,24,28)(H2,23,25,26). The maximum atomic E-state index is 12.2. The van der Waals surface area contributed by atoms with Crippen LogP contribution in [0.15, 0.2) is 4.99 Å². The second-order valence-electron chi connectivity index (χ2n) is 8.30. The van der Waals surface area contributed by atoms with Gasteiger partial charge in [-0.2, -0.15) is 0 Å². The Morgan fingerprint density at radius 2 is 1.69 bits per heavy atom. The summed E-state index contributed by atoms with van der Waals surface area (Å²) < 4.78 is 5.54. The number of carbonyl (C=O) groups is 1. The van der Waals surface area contributed by atoms with Crippen molar-refractivity contribution in [3.8, 4) is 0 Å². The van der Waals surface area contributed by atoms with Crippen molar-refractivity contribution in [3.05, 3.63) is 0 Å². The van der Waals surface area contributed by atoms with E-state index in [1.54, 1.807) is 7.05 Å². The lowest BCUT2D eigenvalue weighted by Gasteiger charge is -2.39. The van der Waals surface area contributed by atoms with E-state index in [2.05, 4.69) is 39.7 Å². The molecule has 29 heavy (non-hydrogen) atoms. The molecule has 1 aliphatic heterocycles. The highest BCUT2D eigenvalue weighted by Crippen LogP contribution is 2.23. The van der Waals surface area contributed by atoms with Gasteiger partial charge in [-0.25, -0.2) is 0 Å². The SMILES string of the molecule is CCC(CC)C(CNC(=NC)NCCNC(=O)C1CCCCC1)N1CCOCC1. The Labute approximate surface area is 177 Å². The molecule has 0 radical (unpaired) electrons. The highest BCUT2D eigenvalue weighted by molar-refractivity contribution is 5.80. The zero-order chi connectivity index (χ0) is 20.9. The van der Waals surface area contributed by atoms with Crippen molar-refractivity contribution in [2.45, 2.75) is 64.8 Å². The summed E-state index contributed by atoms with van der Waals surface area (Å²) >= 11 is 0. The molecular weight excluding hydrogens is 366 g/mol. The lowest BCUT2D eigenvalue weighted by atomic mass is 9.89. The van der Waals surface area contributed by atoms with E-state index in [9.17, 15) is 4.79 Å². The molecule has 7 nitrogen and oxygen atoms in total. The summed E-state index contributed by atoms with van der Waals surface area (Å²) in [6, 6.07) is 0.485. The summed E-state index contributed by atoms with van der Waals surface area (Å²) in [7, 11) is 1.80. The maximum Gasteiger partial charge on any atom is 0.223 e. The van der Waals surface area contributed by atoms with Crippen molar-refractivity contribution in [2.75, 3.05) is 53.0 Å². The summed E-state index contributed by atoms with van der Waals surface area (Å²) in [4.78, 5) is 19.2. The van der Waals surface area contributed by atoms with E-state index < -0.39 is 0 Å². The Morgan fingerprint density at radius 1 is 1.03 bits per heavy atom. The third-order valence-electron chi connectivity index (χ3n) is 6.50. The van der Waals surface area contributed by atoms with Crippen LogP contribution in [0.2, 0.25) is 0 Å². The van der Waals surface area contributed by atoms with E-state index in [4.69, 9.17) is 4.74 Å². The zero-order valence-corrected chi connectivity index (χ0v) is 18.8. The predicted octanol–water partition coefficient (Wildman–Crippen LogP) is 1.98. The first-order valence-corrected chi connectivity index (χ1v) is 11.7. The minimum absolute atomic E-state index is 0.218. The van der Waals surface area contributed by atoms with E-state index in [1.807, 2.05) is 0 Å². The number of morpholine rings is 1. The topological polar surface area (TPSA) is 78.0 Å². The molecule has 0 aromatic heterocycles. The second-order valence-corrected chi connectivity index (χ2v) is 8.30. The van der Waals surface area contributed by atoms with Crippen LogP contribution in [0, 0.1) is 11.8 Å². The van der Waals surface area contributed by atoms with Crippen molar-refractivity contribution in [2.24, 2.45) is 16.8 Å². The van der Waals surface area contributed by atoms with E-state index in [0.29, 0.717) is 25.0 Å². The first kappa shape index (κ1) is 23.9. The van der Waals surface area contributed by atoms with E-state index in [-0.39, 0.29) is 11.8 Å². The molecule has 168 valence electrons. The fourth-order valence-corrected chi connectivity index (χ4v) is 4.63. The lowest BCUT2D eigenvalue weighted by molar-refractivity contribution is -0.125. The molecule has 1 saturated carbocycles. The highest BCUT2D eigenvalue weighted by atomic mass is 16.5. The van der Waals surface area contributed by atoms with Gasteiger partial charge in [0.05, 0.1) is 13.2 Å². The Morgan fingerprint density at radius 3 is 2.31 bits per heavy atom. The molecule has 1 saturated heterocycles. The molecule has 1 aliphatic carbocycles. The van der Waals surface area contributed by atoms with Crippen molar-refractivity contribution < 1.29 is 9.53 Å². The molecule has 2 rings (SSSR count).